The lowest BCUT2D eigenvalue weighted by Gasteiger charge is -2.18. The lowest BCUT2D eigenvalue weighted by molar-refractivity contribution is -0.116. The molecular weight excluding hydrogens is 428 g/mol. The average molecular weight is 445 g/mol. The normalized spacial score (nSPS) is 16.2. The van der Waals surface area contributed by atoms with Crippen molar-refractivity contribution in [2.24, 2.45) is 0 Å². The van der Waals surface area contributed by atoms with Gasteiger partial charge in [-0.15, -0.1) is 0 Å². The standard InChI is InChI=1S/C17H17ClN2O6S2/c1-2-26-15-8-7-12(20-17(21)9-10-27(20,22)23)11-16(15)28(24,25)19-14-6-4-3-5-13(14)18/h3-8,11,19H,2,9-10H2,1H3. The Hall–Kier alpha value is -2.30. The van der Waals surface area contributed by atoms with E-state index in [1.807, 2.05) is 0 Å². The summed E-state index contributed by atoms with van der Waals surface area (Å²) in [4.78, 5) is 11.7. The molecule has 0 bridgehead atoms. The Morgan fingerprint density at radius 3 is 2.54 bits per heavy atom. The van der Waals surface area contributed by atoms with Crippen LogP contribution in [0.5, 0.6) is 5.75 Å². The molecule has 0 saturated carbocycles. The molecule has 1 heterocycles. The highest BCUT2D eigenvalue weighted by molar-refractivity contribution is 7.94. The van der Waals surface area contributed by atoms with Crippen molar-refractivity contribution < 1.29 is 26.4 Å². The molecule has 0 spiro atoms. The molecular formula is C17H17ClN2O6S2. The number of carbonyl (C=O) groups is 1. The molecule has 150 valence electrons. The van der Waals surface area contributed by atoms with E-state index in [2.05, 4.69) is 4.72 Å². The maximum absolute atomic E-state index is 13.0. The quantitative estimate of drug-likeness (QED) is 0.733. The molecule has 1 amide bonds. The van der Waals surface area contributed by atoms with Crippen LogP contribution in [0, 0.1) is 0 Å². The molecule has 1 N–H and O–H groups in total. The van der Waals surface area contributed by atoms with Gasteiger partial charge in [-0.2, -0.15) is 0 Å². The van der Waals surface area contributed by atoms with Gasteiger partial charge in [-0.3, -0.25) is 9.52 Å². The van der Waals surface area contributed by atoms with Gasteiger partial charge in [-0.05, 0) is 37.3 Å². The SMILES string of the molecule is CCOc1ccc(N2C(=O)CCS2(=O)=O)cc1S(=O)(=O)Nc1ccccc1Cl. The Labute approximate surface area is 168 Å². The molecule has 28 heavy (non-hydrogen) atoms. The van der Waals surface area contributed by atoms with Crippen molar-refractivity contribution in [3.63, 3.8) is 0 Å². The van der Waals surface area contributed by atoms with Crippen molar-refractivity contribution in [3.05, 3.63) is 47.5 Å². The Morgan fingerprint density at radius 1 is 1.21 bits per heavy atom. The third-order valence-corrected chi connectivity index (χ3v) is 7.36. The minimum atomic E-state index is -4.19. The van der Waals surface area contributed by atoms with Crippen LogP contribution >= 0.6 is 11.6 Å². The van der Waals surface area contributed by atoms with Gasteiger partial charge in [0.25, 0.3) is 10.0 Å². The fourth-order valence-corrected chi connectivity index (χ4v) is 5.66. The molecule has 1 fully saturated rings. The summed E-state index contributed by atoms with van der Waals surface area (Å²) >= 11 is 6.02. The van der Waals surface area contributed by atoms with Crippen molar-refractivity contribution in [1.82, 2.24) is 0 Å². The Morgan fingerprint density at radius 2 is 1.93 bits per heavy atom. The summed E-state index contributed by atoms with van der Waals surface area (Å²) in [7, 11) is -8.02. The largest absolute Gasteiger partial charge is 0.492 e. The van der Waals surface area contributed by atoms with Crippen LogP contribution in [0.3, 0.4) is 0 Å². The summed E-state index contributed by atoms with van der Waals surface area (Å²) in [6, 6.07) is 10.0. The summed E-state index contributed by atoms with van der Waals surface area (Å²) in [5.41, 5.74) is 0.0902. The van der Waals surface area contributed by atoms with Crippen molar-refractivity contribution in [3.8, 4) is 5.75 Å². The van der Waals surface area contributed by atoms with Crippen LogP contribution in [-0.2, 0) is 24.8 Å². The van der Waals surface area contributed by atoms with Crippen LogP contribution in [0.2, 0.25) is 5.02 Å². The van der Waals surface area contributed by atoms with Crippen LogP contribution < -0.4 is 13.8 Å². The van der Waals surface area contributed by atoms with Gasteiger partial charge in [0.15, 0.2) is 0 Å². The molecule has 3 rings (SSSR count). The maximum atomic E-state index is 13.0. The molecule has 8 nitrogen and oxygen atoms in total. The molecule has 0 radical (unpaired) electrons. The van der Waals surface area contributed by atoms with E-state index < -0.39 is 26.0 Å². The number of carbonyl (C=O) groups excluding carboxylic acids is 1. The molecule has 2 aromatic rings. The van der Waals surface area contributed by atoms with Gasteiger partial charge < -0.3 is 4.74 Å². The van der Waals surface area contributed by atoms with Gasteiger partial charge >= 0.3 is 0 Å². The van der Waals surface area contributed by atoms with E-state index in [4.69, 9.17) is 16.3 Å². The molecule has 0 aromatic heterocycles. The zero-order valence-corrected chi connectivity index (χ0v) is 17.1. The third kappa shape index (κ3) is 3.94. The number of sulfonamides is 2. The zero-order valence-electron chi connectivity index (χ0n) is 14.8. The van der Waals surface area contributed by atoms with Gasteiger partial charge in [-0.1, -0.05) is 23.7 Å². The summed E-state index contributed by atoms with van der Waals surface area (Å²) in [6.07, 6.45) is -0.157. The highest BCUT2D eigenvalue weighted by Gasteiger charge is 2.37. The Bertz CT molecular complexity index is 1130. The van der Waals surface area contributed by atoms with Crippen LogP contribution in [-0.4, -0.2) is 35.1 Å². The number of para-hydroxylation sites is 1. The van der Waals surface area contributed by atoms with Crippen LogP contribution in [0.25, 0.3) is 0 Å². The number of ether oxygens (including phenoxy) is 1. The van der Waals surface area contributed by atoms with Gasteiger partial charge in [0.05, 0.1) is 28.8 Å². The third-order valence-electron chi connectivity index (χ3n) is 3.95. The van der Waals surface area contributed by atoms with Crippen LogP contribution in [0.15, 0.2) is 47.4 Å². The first kappa shape index (κ1) is 20.4. The van der Waals surface area contributed by atoms with Gasteiger partial charge in [0, 0.05) is 6.42 Å². The number of nitrogens with one attached hydrogen (secondary N) is 1. The van der Waals surface area contributed by atoms with E-state index in [-0.39, 0.29) is 45.8 Å². The summed E-state index contributed by atoms with van der Waals surface area (Å²) in [6.45, 7) is 1.87. The molecule has 1 aliphatic rings. The summed E-state index contributed by atoms with van der Waals surface area (Å²) in [5.74, 6) is -0.916. The van der Waals surface area contributed by atoms with E-state index in [0.717, 1.165) is 6.07 Å². The average Bonchev–Trinajstić information content (AvgIpc) is 2.90. The smallest absolute Gasteiger partial charge is 0.265 e. The number of halogens is 1. The fourth-order valence-electron chi connectivity index (χ4n) is 2.72. The first-order valence-corrected chi connectivity index (χ1v) is 11.7. The van der Waals surface area contributed by atoms with E-state index in [1.54, 1.807) is 19.1 Å². The first-order chi connectivity index (χ1) is 13.2. The number of hydrogen-bond donors (Lipinski definition) is 1. The van der Waals surface area contributed by atoms with E-state index in [0.29, 0.717) is 4.31 Å². The van der Waals surface area contributed by atoms with Crippen LogP contribution in [0.4, 0.5) is 11.4 Å². The maximum Gasteiger partial charge on any atom is 0.265 e. The molecule has 1 saturated heterocycles. The van der Waals surface area contributed by atoms with Gasteiger partial charge in [-0.25, -0.2) is 21.1 Å². The lowest BCUT2D eigenvalue weighted by atomic mass is 10.3. The van der Waals surface area contributed by atoms with Crippen molar-refractivity contribution in [2.75, 3.05) is 21.4 Å². The number of amides is 1. The summed E-state index contributed by atoms with van der Waals surface area (Å²) < 4.78 is 58.6. The van der Waals surface area contributed by atoms with Gasteiger partial charge in [0.2, 0.25) is 15.9 Å². The number of anilines is 2. The number of benzene rings is 2. The first-order valence-electron chi connectivity index (χ1n) is 8.26. The fraction of sp³-hybridized carbons (Fsp3) is 0.235. The van der Waals surface area contributed by atoms with E-state index >= 15 is 0 Å². The highest BCUT2D eigenvalue weighted by atomic mass is 35.5. The number of nitrogens with zero attached hydrogens (tertiary/aromatic N) is 1. The topological polar surface area (TPSA) is 110 Å². The summed E-state index contributed by atoms with van der Waals surface area (Å²) in [5, 5.41) is 0.192. The lowest BCUT2D eigenvalue weighted by Crippen LogP contribution is -2.29. The second kappa shape index (κ2) is 7.61. The molecule has 11 heteroatoms. The molecule has 0 unspecified atom stereocenters. The number of hydrogen-bond acceptors (Lipinski definition) is 6. The monoisotopic (exact) mass is 444 g/mol. The highest BCUT2D eigenvalue weighted by Crippen LogP contribution is 2.34. The second-order valence-electron chi connectivity index (χ2n) is 5.87. The van der Waals surface area contributed by atoms with Gasteiger partial charge in [0.1, 0.15) is 10.6 Å². The van der Waals surface area contributed by atoms with E-state index in [9.17, 15) is 21.6 Å². The van der Waals surface area contributed by atoms with E-state index in [1.165, 1.54) is 24.3 Å². The molecule has 0 aliphatic carbocycles. The molecule has 0 atom stereocenters. The number of rotatable bonds is 6. The second-order valence-corrected chi connectivity index (χ2v) is 9.87. The van der Waals surface area contributed by atoms with Crippen molar-refractivity contribution in [1.29, 1.82) is 0 Å². The Kier molecular flexibility index (Phi) is 5.55. The zero-order chi connectivity index (χ0) is 20.5. The minimum absolute atomic E-state index is 0.0230. The predicted molar refractivity (Wildman–Crippen MR) is 106 cm³/mol. The Balaban J connectivity index is 2.10. The van der Waals surface area contributed by atoms with Crippen molar-refractivity contribution in [2.45, 2.75) is 18.2 Å². The molecule has 2 aromatic carbocycles. The van der Waals surface area contributed by atoms with Crippen molar-refractivity contribution >= 4 is 48.9 Å². The van der Waals surface area contributed by atoms with Crippen LogP contribution in [0.1, 0.15) is 13.3 Å². The minimum Gasteiger partial charge on any atom is -0.492 e. The predicted octanol–water partition coefficient (Wildman–Crippen LogP) is 2.61. The molecule has 1 aliphatic heterocycles.